The Morgan fingerprint density at radius 1 is 0.907 bits per heavy atom. The van der Waals surface area contributed by atoms with Gasteiger partial charge in [-0.3, -0.25) is 9.32 Å². The van der Waals surface area contributed by atoms with Crippen molar-refractivity contribution in [1.29, 1.82) is 0 Å². The molecule has 0 aromatic heterocycles. The van der Waals surface area contributed by atoms with Gasteiger partial charge in [0.15, 0.2) is 0 Å². The van der Waals surface area contributed by atoms with Gasteiger partial charge in [-0.15, -0.1) is 0 Å². The summed E-state index contributed by atoms with van der Waals surface area (Å²) in [5.41, 5.74) is -0.856. The lowest BCUT2D eigenvalue weighted by Crippen LogP contribution is -2.62. The van der Waals surface area contributed by atoms with E-state index in [2.05, 4.69) is 11.4 Å². The zero-order chi connectivity index (χ0) is 32.2. The highest BCUT2D eigenvalue weighted by atomic mass is 31.2. The first-order valence-electron chi connectivity index (χ1n) is 14.6. The SMILES string of the molecule is CC(CCC(=O)OCOP(=O)(O)O)C1CCC2C3C(CCC12C)C1(C)CCC(OP(=O)(O)O)CC1CC3(F)OP(=O)(O)O. The molecule has 18 heteroatoms. The number of halogens is 1. The van der Waals surface area contributed by atoms with Crippen molar-refractivity contribution in [2.24, 2.45) is 46.3 Å². The number of phosphoric acid groups is 3. The van der Waals surface area contributed by atoms with Gasteiger partial charge in [0.1, 0.15) is 0 Å². The predicted octanol–water partition coefficient (Wildman–Crippen LogP) is 4.53. The standard InChI is InChI=1S/C25H44FO14P3/c1-15(4-7-21(27)37-14-38-41(28,29)30)18-5-6-19-22-20(9-11-24(18,19)3)23(2)10-8-17(39-42(31,32)33)12-16(23)13-25(22,26)40-43(34,35)36/h15-20,22H,4-14H2,1-3H3,(H2,28,29,30)(H2,31,32,33)(H2,34,35,36). The second kappa shape index (κ2) is 12.4. The van der Waals surface area contributed by atoms with Crippen molar-refractivity contribution < 1.29 is 70.5 Å². The lowest BCUT2D eigenvalue weighted by atomic mass is 9.43. The minimum absolute atomic E-state index is 0.00863. The number of carbonyl (C=O) groups excluding carboxylic acids is 1. The van der Waals surface area contributed by atoms with Crippen molar-refractivity contribution in [2.75, 3.05) is 6.79 Å². The smallest absolute Gasteiger partial charge is 0.438 e. The molecular weight excluding hydrogens is 636 g/mol. The summed E-state index contributed by atoms with van der Waals surface area (Å²) in [6.45, 7) is 5.23. The molecular formula is C25H44FO14P3. The monoisotopic (exact) mass is 680 g/mol. The molecule has 0 aromatic rings. The molecule has 4 aliphatic rings. The quantitative estimate of drug-likeness (QED) is 0.100. The Bertz CT molecular complexity index is 1190. The van der Waals surface area contributed by atoms with Gasteiger partial charge in [0.2, 0.25) is 12.6 Å². The summed E-state index contributed by atoms with van der Waals surface area (Å²) in [6.07, 6.45) is 2.92. The highest BCUT2D eigenvalue weighted by Crippen LogP contribution is 2.72. The van der Waals surface area contributed by atoms with E-state index in [9.17, 15) is 38.1 Å². The zero-order valence-electron chi connectivity index (χ0n) is 24.5. The Labute approximate surface area is 250 Å². The molecule has 10 atom stereocenters. The van der Waals surface area contributed by atoms with Crippen molar-refractivity contribution >= 4 is 29.4 Å². The second-order valence-corrected chi connectivity index (χ2v) is 17.1. The maximum Gasteiger partial charge on any atom is 0.472 e. The molecule has 0 saturated heterocycles. The molecule has 0 aliphatic heterocycles. The minimum atomic E-state index is -5.26. The largest absolute Gasteiger partial charge is 0.472 e. The van der Waals surface area contributed by atoms with Crippen molar-refractivity contribution in [3.8, 4) is 0 Å². The van der Waals surface area contributed by atoms with Gasteiger partial charge in [0.05, 0.1) is 6.10 Å². The average Bonchev–Trinajstić information content (AvgIpc) is 3.17. The highest BCUT2D eigenvalue weighted by Gasteiger charge is 2.69. The summed E-state index contributed by atoms with van der Waals surface area (Å²) in [5, 5.41) is 0. The molecule has 4 fully saturated rings. The van der Waals surface area contributed by atoms with Crippen LogP contribution in [0.4, 0.5) is 4.39 Å². The van der Waals surface area contributed by atoms with Crippen LogP contribution in [0, 0.1) is 46.3 Å². The van der Waals surface area contributed by atoms with Gasteiger partial charge in [-0.25, -0.2) is 27.1 Å². The molecule has 250 valence electrons. The summed E-state index contributed by atoms with van der Waals surface area (Å²) in [6, 6.07) is 0. The minimum Gasteiger partial charge on any atom is -0.438 e. The van der Waals surface area contributed by atoms with Gasteiger partial charge in [-0.2, -0.15) is 0 Å². The maximum atomic E-state index is 17.2. The summed E-state index contributed by atoms with van der Waals surface area (Å²) in [4.78, 5) is 67.8. The molecule has 10 unspecified atom stereocenters. The Kier molecular flexibility index (Phi) is 10.3. The summed E-state index contributed by atoms with van der Waals surface area (Å²) in [5.74, 6) is -5.12. The first kappa shape index (κ1) is 35.6. The average molecular weight is 681 g/mol. The van der Waals surface area contributed by atoms with Crippen LogP contribution in [-0.2, 0) is 36.8 Å². The van der Waals surface area contributed by atoms with E-state index in [1.54, 1.807) is 0 Å². The molecule has 4 saturated carbocycles. The third kappa shape index (κ3) is 8.00. The first-order valence-corrected chi connectivity index (χ1v) is 19.2. The van der Waals surface area contributed by atoms with Crippen molar-refractivity contribution in [1.82, 2.24) is 0 Å². The number of hydrogen-bond donors (Lipinski definition) is 6. The number of fused-ring (bicyclic) bond motifs is 5. The van der Waals surface area contributed by atoms with E-state index < -0.39 is 70.9 Å². The Hall–Kier alpha value is -0.270. The molecule has 43 heavy (non-hydrogen) atoms. The number of phosphoric ester groups is 3. The molecule has 4 aliphatic carbocycles. The Morgan fingerprint density at radius 3 is 2.14 bits per heavy atom. The van der Waals surface area contributed by atoms with E-state index >= 15 is 4.39 Å². The number of esters is 1. The van der Waals surface area contributed by atoms with Crippen LogP contribution in [0.1, 0.15) is 85.0 Å². The molecule has 4 rings (SSSR count). The number of ether oxygens (including phenoxy) is 1. The van der Waals surface area contributed by atoms with E-state index in [4.69, 9.17) is 23.6 Å². The first-order chi connectivity index (χ1) is 19.6. The molecule has 0 radical (unpaired) electrons. The Balaban J connectivity index is 1.53. The van der Waals surface area contributed by atoms with Crippen LogP contribution in [0.2, 0.25) is 0 Å². The van der Waals surface area contributed by atoms with Crippen LogP contribution in [0.25, 0.3) is 0 Å². The molecule has 14 nitrogen and oxygen atoms in total. The maximum absolute atomic E-state index is 17.2. The fraction of sp³-hybridized carbons (Fsp3) is 0.960. The molecule has 0 amide bonds. The van der Waals surface area contributed by atoms with Gasteiger partial charge >= 0.3 is 29.4 Å². The van der Waals surface area contributed by atoms with E-state index in [0.717, 1.165) is 6.42 Å². The third-order valence-electron chi connectivity index (χ3n) is 11.2. The Morgan fingerprint density at radius 2 is 1.53 bits per heavy atom. The molecule has 0 bridgehead atoms. The van der Waals surface area contributed by atoms with Crippen molar-refractivity contribution in [3.05, 3.63) is 0 Å². The van der Waals surface area contributed by atoms with Gasteiger partial charge in [-0.05, 0) is 91.8 Å². The second-order valence-electron chi connectivity index (χ2n) is 13.5. The van der Waals surface area contributed by atoms with Gasteiger partial charge in [-0.1, -0.05) is 20.8 Å². The lowest BCUT2D eigenvalue weighted by molar-refractivity contribution is -0.262. The third-order valence-corrected chi connectivity index (χ3v) is 12.7. The van der Waals surface area contributed by atoms with E-state index in [-0.39, 0.29) is 42.9 Å². The molecule has 0 aromatic carbocycles. The fourth-order valence-electron chi connectivity index (χ4n) is 9.48. The molecule has 6 N–H and O–H groups in total. The summed E-state index contributed by atoms with van der Waals surface area (Å²) >= 11 is 0. The van der Waals surface area contributed by atoms with Gasteiger partial charge in [0.25, 0.3) is 0 Å². The van der Waals surface area contributed by atoms with E-state index in [1.807, 2.05) is 13.8 Å². The van der Waals surface area contributed by atoms with E-state index in [1.165, 1.54) is 0 Å². The fourth-order valence-corrected chi connectivity index (χ4v) is 10.8. The number of carbonyl (C=O) groups is 1. The van der Waals surface area contributed by atoms with Crippen molar-refractivity contribution in [3.63, 3.8) is 0 Å². The van der Waals surface area contributed by atoms with Crippen LogP contribution in [0.3, 0.4) is 0 Å². The highest BCUT2D eigenvalue weighted by molar-refractivity contribution is 7.46. The summed E-state index contributed by atoms with van der Waals surface area (Å²) < 4.78 is 70.4. The van der Waals surface area contributed by atoms with Crippen LogP contribution >= 0.6 is 23.5 Å². The number of rotatable bonds is 11. The normalized spacial score (nSPS) is 40.7. The van der Waals surface area contributed by atoms with Gasteiger partial charge < -0.3 is 34.1 Å². The summed E-state index contributed by atoms with van der Waals surface area (Å²) in [7, 11) is -14.8. The number of alkyl halides is 1. The van der Waals surface area contributed by atoms with Crippen LogP contribution < -0.4 is 0 Å². The van der Waals surface area contributed by atoms with E-state index in [0.29, 0.717) is 38.5 Å². The van der Waals surface area contributed by atoms with Gasteiger partial charge in [0, 0.05) is 18.8 Å². The zero-order valence-corrected chi connectivity index (χ0v) is 27.2. The van der Waals surface area contributed by atoms with Crippen molar-refractivity contribution in [2.45, 2.75) is 96.9 Å². The molecule has 0 spiro atoms. The van der Waals surface area contributed by atoms with Crippen LogP contribution in [0.5, 0.6) is 0 Å². The van der Waals surface area contributed by atoms with Crippen LogP contribution in [0.15, 0.2) is 0 Å². The van der Waals surface area contributed by atoms with Crippen LogP contribution in [-0.4, -0.2) is 54.1 Å². The predicted molar refractivity (Wildman–Crippen MR) is 147 cm³/mol. The lowest BCUT2D eigenvalue weighted by Gasteiger charge is -2.64. The number of hydrogen-bond acceptors (Lipinski definition) is 8. The topological polar surface area (TPSA) is 227 Å². The molecule has 0 heterocycles.